The van der Waals surface area contributed by atoms with Gasteiger partial charge in [-0.25, -0.2) is 0 Å². The van der Waals surface area contributed by atoms with E-state index in [0.717, 1.165) is 36.5 Å². The summed E-state index contributed by atoms with van der Waals surface area (Å²) in [6.45, 7) is 5.56. The molecule has 0 saturated carbocycles. The van der Waals surface area contributed by atoms with Crippen molar-refractivity contribution >= 4 is 5.91 Å². The quantitative estimate of drug-likeness (QED) is 0.815. The maximum atomic E-state index is 12.6. The molecule has 0 N–H and O–H groups in total. The van der Waals surface area contributed by atoms with Gasteiger partial charge < -0.3 is 9.80 Å². The van der Waals surface area contributed by atoms with Gasteiger partial charge in [0.1, 0.15) is 0 Å². The van der Waals surface area contributed by atoms with E-state index in [1.807, 2.05) is 30.9 Å². The lowest BCUT2D eigenvalue weighted by atomic mass is 10.0. The van der Waals surface area contributed by atoms with E-state index < -0.39 is 0 Å². The van der Waals surface area contributed by atoms with E-state index in [1.165, 1.54) is 6.42 Å². The largest absolute Gasteiger partial charge is 0.337 e. The summed E-state index contributed by atoms with van der Waals surface area (Å²) in [5.74, 6) is 0.139. The number of aryl methyl sites for hydroxylation is 2. The number of pyridine rings is 1. The SMILES string of the molecule is Cc1cc(C(=O)N2CCCC(N(C)C)C2)cc(C)n1. The van der Waals surface area contributed by atoms with Gasteiger partial charge in [0.25, 0.3) is 5.91 Å². The number of aromatic nitrogens is 1. The molecule has 1 aromatic heterocycles. The van der Waals surface area contributed by atoms with Crippen molar-refractivity contribution in [3.05, 3.63) is 29.1 Å². The summed E-state index contributed by atoms with van der Waals surface area (Å²) in [4.78, 5) is 21.1. The molecule has 0 aliphatic carbocycles. The van der Waals surface area contributed by atoms with Crippen LogP contribution in [0.25, 0.3) is 0 Å². The first-order valence-corrected chi connectivity index (χ1v) is 6.88. The number of rotatable bonds is 2. The van der Waals surface area contributed by atoms with Crippen molar-refractivity contribution in [2.45, 2.75) is 32.7 Å². The standard InChI is InChI=1S/C15H23N3O/c1-11-8-13(9-12(2)16-11)15(19)18-7-5-6-14(10-18)17(3)4/h8-9,14H,5-7,10H2,1-4H3. The molecule has 1 saturated heterocycles. The van der Waals surface area contributed by atoms with Gasteiger partial charge in [-0.05, 0) is 52.9 Å². The van der Waals surface area contributed by atoms with Gasteiger partial charge in [-0.3, -0.25) is 9.78 Å². The van der Waals surface area contributed by atoms with E-state index in [2.05, 4.69) is 24.0 Å². The predicted molar refractivity (Wildman–Crippen MR) is 76.3 cm³/mol. The fourth-order valence-electron chi connectivity index (χ4n) is 2.70. The number of piperidine rings is 1. The third-order valence-electron chi connectivity index (χ3n) is 3.74. The monoisotopic (exact) mass is 261 g/mol. The van der Waals surface area contributed by atoms with Crippen LogP contribution >= 0.6 is 0 Å². The molecular weight excluding hydrogens is 238 g/mol. The molecule has 0 spiro atoms. The third kappa shape index (κ3) is 3.32. The Bertz CT molecular complexity index is 450. The topological polar surface area (TPSA) is 36.4 Å². The summed E-state index contributed by atoms with van der Waals surface area (Å²) in [7, 11) is 4.17. The minimum atomic E-state index is 0.139. The molecule has 1 aliphatic heterocycles. The highest BCUT2D eigenvalue weighted by Gasteiger charge is 2.25. The molecule has 4 nitrogen and oxygen atoms in total. The van der Waals surface area contributed by atoms with Crippen molar-refractivity contribution in [3.63, 3.8) is 0 Å². The zero-order valence-corrected chi connectivity index (χ0v) is 12.3. The number of amides is 1. The van der Waals surface area contributed by atoms with Gasteiger partial charge in [0, 0.05) is 36.1 Å². The van der Waals surface area contributed by atoms with Crippen LogP contribution in [0.15, 0.2) is 12.1 Å². The van der Waals surface area contributed by atoms with Gasteiger partial charge in [-0.1, -0.05) is 0 Å². The highest BCUT2D eigenvalue weighted by molar-refractivity contribution is 5.94. The second kappa shape index (κ2) is 5.70. The van der Waals surface area contributed by atoms with Crippen LogP contribution in [0.5, 0.6) is 0 Å². The normalized spacial score (nSPS) is 19.8. The third-order valence-corrected chi connectivity index (χ3v) is 3.74. The van der Waals surface area contributed by atoms with E-state index in [1.54, 1.807) is 0 Å². The molecule has 2 heterocycles. The van der Waals surface area contributed by atoms with E-state index in [0.29, 0.717) is 6.04 Å². The number of likely N-dealkylation sites (N-methyl/N-ethyl adjacent to an activating group) is 1. The summed E-state index contributed by atoms with van der Waals surface area (Å²) in [5, 5.41) is 0. The van der Waals surface area contributed by atoms with Gasteiger partial charge in [0.2, 0.25) is 0 Å². The lowest BCUT2D eigenvalue weighted by molar-refractivity contribution is 0.0635. The highest BCUT2D eigenvalue weighted by atomic mass is 16.2. The Kier molecular flexibility index (Phi) is 4.20. The zero-order valence-electron chi connectivity index (χ0n) is 12.3. The molecule has 104 valence electrons. The first-order chi connectivity index (χ1) is 8.97. The molecule has 0 aromatic carbocycles. The number of likely N-dealkylation sites (tertiary alicyclic amines) is 1. The van der Waals surface area contributed by atoms with E-state index in [9.17, 15) is 4.79 Å². The van der Waals surface area contributed by atoms with Gasteiger partial charge >= 0.3 is 0 Å². The van der Waals surface area contributed by atoms with Crippen LogP contribution in [-0.2, 0) is 0 Å². The maximum absolute atomic E-state index is 12.6. The summed E-state index contributed by atoms with van der Waals surface area (Å²) in [6, 6.07) is 4.24. The summed E-state index contributed by atoms with van der Waals surface area (Å²) in [6.07, 6.45) is 2.25. The summed E-state index contributed by atoms with van der Waals surface area (Å²) in [5.41, 5.74) is 2.58. The van der Waals surface area contributed by atoms with E-state index in [4.69, 9.17) is 0 Å². The Hall–Kier alpha value is -1.42. The van der Waals surface area contributed by atoms with Crippen LogP contribution < -0.4 is 0 Å². The minimum Gasteiger partial charge on any atom is -0.337 e. The first kappa shape index (κ1) is 14.0. The fraction of sp³-hybridized carbons (Fsp3) is 0.600. The highest BCUT2D eigenvalue weighted by Crippen LogP contribution is 2.17. The average Bonchev–Trinajstić information content (AvgIpc) is 2.37. The molecule has 4 heteroatoms. The molecule has 0 radical (unpaired) electrons. The number of hydrogen-bond acceptors (Lipinski definition) is 3. The van der Waals surface area contributed by atoms with Crippen molar-refractivity contribution in [2.24, 2.45) is 0 Å². The minimum absolute atomic E-state index is 0.139. The number of carbonyl (C=O) groups is 1. The van der Waals surface area contributed by atoms with Crippen molar-refractivity contribution in [1.82, 2.24) is 14.8 Å². The van der Waals surface area contributed by atoms with Crippen molar-refractivity contribution < 1.29 is 4.79 Å². The van der Waals surface area contributed by atoms with Crippen LogP contribution in [0.2, 0.25) is 0 Å². The molecule has 1 fully saturated rings. The Morgan fingerprint density at radius 1 is 1.32 bits per heavy atom. The first-order valence-electron chi connectivity index (χ1n) is 6.88. The lowest BCUT2D eigenvalue weighted by Gasteiger charge is -2.36. The fourth-order valence-corrected chi connectivity index (χ4v) is 2.70. The van der Waals surface area contributed by atoms with Crippen LogP contribution in [0.3, 0.4) is 0 Å². The molecule has 1 atom stereocenters. The van der Waals surface area contributed by atoms with Crippen LogP contribution in [0.4, 0.5) is 0 Å². The zero-order chi connectivity index (χ0) is 14.0. The second-order valence-electron chi connectivity index (χ2n) is 5.65. The lowest BCUT2D eigenvalue weighted by Crippen LogP contribution is -2.47. The molecule has 1 aromatic rings. The van der Waals surface area contributed by atoms with Gasteiger partial charge in [-0.15, -0.1) is 0 Å². The Morgan fingerprint density at radius 3 is 2.53 bits per heavy atom. The van der Waals surface area contributed by atoms with E-state index in [-0.39, 0.29) is 5.91 Å². The van der Waals surface area contributed by atoms with Crippen molar-refractivity contribution in [2.75, 3.05) is 27.2 Å². The van der Waals surface area contributed by atoms with E-state index >= 15 is 0 Å². The van der Waals surface area contributed by atoms with Gasteiger partial charge in [-0.2, -0.15) is 0 Å². The molecule has 1 aliphatic rings. The molecule has 1 amide bonds. The smallest absolute Gasteiger partial charge is 0.254 e. The van der Waals surface area contributed by atoms with Crippen LogP contribution in [0, 0.1) is 13.8 Å². The Morgan fingerprint density at radius 2 is 1.95 bits per heavy atom. The van der Waals surface area contributed by atoms with Crippen molar-refractivity contribution in [3.8, 4) is 0 Å². The number of hydrogen-bond donors (Lipinski definition) is 0. The predicted octanol–water partition coefficient (Wildman–Crippen LogP) is 1.86. The van der Waals surface area contributed by atoms with Crippen LogP contribution in [-0.4, -0.2) is 53.9 Å². The van der Waals surface area contributed by atoms with Gasteiger partial charge in [0.15, 0.2) is 0 Å². The maximum Gasteiger partial charge on any atom is 0.254 e. The Labute approximate surface area is 115 Å². The Balaban J connectivity index is 2.14. The average molecular weight is 261 g/mol. The summed E-state index contributed by atoms with van der Waals surface area (Å²) >= 11 is 0. The number of carbonyl (C=O) groups excluding carboxylic acids is 1. The molecule has 2 rings (SSSR count). The van der Waals surface area contributed by atoms with Crippen molar-refractivity contribution in [1.29, 1.82) is 0 Å². The molecule has 0 bridgehead atoms. The molecule has 1 unspecified atom stereocenters. The second-order valence-corrected chi connectivity index (χ2v) is 5.65. The molecule has 19 heavy (non-hydrogen) atoms. The molecular formula is C15H23N3O. The van der Waals surface area contributed by atoms with Crippen LogP contribution in [0.1, 0.15) is 34.6 Å². The van der Waals surface area contributed by atoms with Gasteiger partial charge in [0.05, 0.1) is 0 Å². The summed E-state index contributed by atoms with van der Waals surface area (Å²) < 4.78 is 0. The number of nitrogens with zero attached hydrogens (tertiary/aromatic N) is 3.